The van der Waals surface area contributed by atoms with E-state index < -0.39 is 5.97 Å². The van der Waals surface area contributed by atoms with Crippen molar-refractivity contribution in [2.24, 2.45) is 0 Å². The summed E-state index contributed by atoms with van der Waals surface area (Å²) in [7, 11) is 0. The number of ether oxygens (including phenoxy) is 1. The van der Waals surface area contributed by atoms with Crippen LogP contribution in [0.4, 0.5) is 0 Å². The number of aromatic nitrogens is 1. The van der Waals surface area contributed by atoms with E-state index in [9.17, 15) is 14.4 Å². The molecule has 0 radical (unpaired) electrons. The molecular formula is C16H24N2O4. The smallest absolute Gasteiger partial charge is 0.355 e. The number of carbonyl (C=O) groups excluding carboxylic acids is 3. The van der Waals surface area contributed by atoms with E-state index in [1.165, 1.54) is 4.90 Å². The Labute approximate surface area is 130 Å². The number of aromatic amines is 1. The number of hydrogen-bond acceptors (Lipinski definition) is 4. The first-order valence-electron chi connectivity index (χ1n) is 7.54. The summed E-state index contributed by atoms with van der Waals surface area (Å²) in [5.74, 6) is -0.711. The molecule has 1 aromatic heterocycles. The van der Waals surface area contributed by atoms with Gasteiger partial charge in [-0.25, -0.2) is 4.79 Å². The molecule has 0 aromatic carbocycles. The third-order valence-electron chi connectivity index (χ3n) is 3.57. The van der Waals surface area contributed by atoms with Crippen LogP contribution in [0.2, 0.25) is 0 Å². The maximum atomic E-state index is 12.5. The van der Waals surface area contributed by atoms with Crippen molar-refractivity contribution in [2.45, 2.75) is 41.0 Å². The van der Waals surface area contributed by atoms with Gasteiger partial charge in [0, 0.05) is 24.2 Å². The molecule has 1 amide bonds. The molecule has 0 atom stereocenters. The number of aryl methyl sites for hydroxylation is 1. The highest BCUT2D eigenvalue weighted by atomic mass is 16.5. The summed E-state index contributed by atoms with van der Waals surface area (Å²) in [5, 5.41) is 0. The third-order valence-corrected chi connectivity index (χ3v) is 3.57. The van der Waals surface area contributed by atoms with Crippen LogP contribution in [-0.4, -0.2) is 47.2 Å². The van der Waals surface area contributed by atoms with E-state index in [4.69, 9.17) is 4.74 Å². The molecular weight excluding hydrogens is 284 g/mol. The lowest BCUT2D eigenvalue weighted by atomic mass is 10.1. The zero-order valence-corrected chi connectivity index (χ0v) is 13.9. The van der Waals surface area contributed by atoms with Crippen LogP contribution in [0.1, 0.15) is 59.3 Å². The van der Waals surface area contributed by atoms with E-state index in [-0.39, 0.29) is 24.8 Å². The molecule has 0 aliphatic heterocycles. The number of hydrogen-bond donors (Lipinski definition) is 1. The first kappa shape index (κ1) is 17.9. The van der Waals surface area contributed by atoms with Crippen molar-refractivity contribution < 1.29 is 19.1 Å². The molecule has 0 spiro atoms. The Bertz CT molecular complexity index is 575. The van der Waals surface area contributed by atoms with Gasteiger partial charge in [0.15, 0.2) is 5.78 Å². The standard InChI is InChI=1S/C16H24N2O4/c1-6-13(20)18(7-2)9-12(19)14-10(4)15(17-11(14)5)16(21)22-8-3/h17H,6-9H2,1-5H3. The van der Waals surface area contributed by atoms with Crippen LogP contribution in [-0.2, 0) is 9.53 Å². The predicted molar refractivity (Wildman–Crippen MR) is 83.1 cm³/mol. The molecule has 0 fully saturated rings. The number of ketones is 1. The molecule has 0 unspecified atom stereocenters. The minimum Gasteiger partial charge on any atom is -0.461 e. The molecule has 22 heavy (non-hydrogen) atoms. The Morgan fingerprint density at radius 3 is 2.27 bits per heavy atom. The van der Waals surface area contributed by atoms with Gasteiger partial charge in [-0.2, -0.15) is 0 Å². The fraction of sp³-hybridized carbons (Fsp3) is 0.562. The number of nitrogens with zero attached hydrogens (tertiary/aromatic N) is 1. The Hall–Kier alpha value is -2.11. The molecule has 1 N–H and O–H groups in total. The van der Waals surface area contributed by atoms with E-state index >= 15 is 0 Å². The molecule has 1 aromatic rings. The third kappa shape index (κ3) is 3.75. The summed E-state index contributed by atoms with van der Waals surface area (Å²) in [4.78, 5) is 40.6. The second kappa shape index (κ2) is 7.77. The first-order valence-corrected chi connectivity index (χ1v) is 7.54. The van der Waals surface area contributed by atoms with Crippen LogP contribution in [0, 0.1) is 13.8 Å². The van der Waals surface area contributed by atoms with Gasteiger partial charge in [0.05, 0.1) is 13.2 Å². The van der Waals surface area contributed by atoms with Gasteiger partial charge >= 0.3 is 5.97 Å². The number of rotatable bonds is 7. The van der Waals surface area contributed by atoms with Crippen LogP contribution >= 0.6 is 0 Å². The summed E-state index contributed by atoms with van der Waals surface area (Å²) in [6.45, 7) is 9.54. The number of nitrogens with one attached hydrogen (secondary N) is 1. The van der Waals surface area contributed by atoms with E-state index in [0.717, 1.165) is 0 Å². The summed E-state index contributed by atoms with van der Waals surface area (Å²) < 4.78 is 4.97. The molecule has 0 aliphatic carbocycles. The molecule has 0 aliphatic rings. The molecule has 1 rings (SSSR count). The first-order chi connectivity index (χ1) is 10.4. The number of amides is 1. The highest BCUT2D eigenvalue weighted by Crippen LogP contribution is 2.20. The van der Waals surface area contributed by atoms with Gasteiger partial charge in [0.25, 0.3) is 0 Å². The number of Topliss-reactive ketones (excluding diaryl/α,β-unsaturated/α-hetero) is 1. The molecule has 6 nitrogen and oxygen atoms in total. The second-order valence-corrected chi connectivity index (χ2v) is 5.03. The average Bonchev–Trinajstić information content (AvgIpc) is 2.79. The number of likely N-dealkylation sites (N-methyl/N-ethyl adjacent to an activating group) is 1. The quantitative estimate of drug-likeness (QED) is 0.619. The van der Waals surface area contributed by atoms with E-state index in [1.807, 2.05) is 6.92 Å². The SMILES string of the molecule is CCOC(=O)c1[nH]c(C)c(C(=O)CN(CC)C(=O)CC)c1C. The second-order valence-electron chi connectivity index (χ2n) is 5.03. The highest BCUT2D eigenvalue weighted by molar-refractivity contribution is 6.04. The van der Waals surface area contributed by atoms with Gasteiger partial charge in [0.2, 0.25) is 5.91 Å². The maximum Gasteiger partial charge on any atom is 0.355 e. The minimum absolute atomic E-state index is 0.0188. The van der Waals surface area contributed by atoms with Crippen molar-refractivity contribution in [1.82, 2.24) is 9.88 Å². The molecule has 0 saturated carbocycles. The maximum absolute atomic E-state index is 12.5. The van der Waals surface area contributed by atoms with Gasteiger partial charge < -0.3 is 14.6 Å². The van der Waals surface area contributed by atoms with Crippen LogP contribution in [0.3, 0.4) is 0 Å². The van der Waals surface area contributed by atoms with Crippen molar-refractivity contribution in [2.75, 3.05) is 19.7 Å². The monoisotopic (exact) mass is 308 g/mol. The largest absolute Gasteiger partial charge is 0.461 e. The van der Waals surface area contributed by atoms with Crippen molar-refractivity contribution in [3.05, 3.63) is 22.5 Å². The molecule has 122 valence electrons. The van der Waals surface area contributed by atoms with Gasteiger partial charge in [-0.05, 0) is 33.3 Å². The van der Waals surface area contributed by atoms with Gasteiger partial charge in [-0.3, -0.25) is 9.59 Å². The molecule has 6 heteroatoms. The molecule has 1 heterocycles. The molecule has 0 saturated heterocycles. The zero-order valence-electron chi connectivity index (χ0n) is 13.9. The van der Waals surface area contributed by atoms with E-state index in [1.54, 1.807) is 27.7 Å². The average molecular weight is 308 g/mol. The van der Waals surface area contributed by atoms with Crippen molar-refractivity contribution in [3.63, 3.8) is 0 Å². The summed E-state index contributed by atoms with van der Waals surface area (Å²) in [6.07, 6.45) is 0.361. The molecule has 0 bridgehead atoms. The summed E-state index contributed by atoms with van der Waals surface area (Å²) in [6, 6.07) is 0. The van der Waals surface area contributed by atoms with E-state index in [2.05, 4.69) is 4.98 Å². The van der Waals surface area contributed by atoms with Crippen LogP contribution in [0.15, 0.2) is 0 Å². The Balaban J connectivity index is 3.04. The van der Waals surface area contributed by atoms with Crippen LogP contribution in [0.5, 0.6) is 0 Å². The number of carbonyl (C=O) groups is 3. The fourth-order valence-corrected chi connectivity index (χ4v) is 2.43. The van der Waals surface area contributed by atoms with Gasteiger partial charge in [0.1, 0.15) is 5.69 Å². The summed E-state index contributed by atoms with van der Waals surface area (Å²) in [5.41, 5.74) is 1.95. The number of esters is 1. The van der Waals surface area contributed by atoms with Crippen LogP contribution < -0.4 is 0 Å². The highest BCUT2D eigenvalue weighted by Gasteiger charge is 2.24. The Morgan fingerprint density at radius 1 is 1.14 bits per heavy atom. The van der Waals surface area contributed by atoms with E-state index in [0.29, 0.717) is 35.5 Å². The fourth-order valence-electron chi connectivity index (χ4n) is 2.43. The predicted octanol–water partition coefficient (Wildman–Crippen LogP) is 2.25. The lowest BCUT2D eigenvalue weighted by molar-refractivity contribution is -0.130. The lowest BCUT2D eigenvalue weighted by Crippen LogP contribution is -2.35. The normalized spacial score (nSPS) is 10.4. The van der Waals surface area contributed by atoms with Gasteiger partial charge in [-0.15, -0.1) is 0 Å². The Kier molecular flexibility index (Phi) is 6.34. The number of H-pyrrole nitrogens is 1. The van der Waals surface area contributed by atoms with Crippen LogP contribution in [0.25, 0.3) is 0 Å². The lowest BCUT2D eigenvalue weighted by Gasteiger charge is -2.19. The van der Waals surface area contributed by atoms with Crippen molar-refractivity contribution >= 4 is 17.7 Å². The Morgan fingerprint density at radius 2 is 1.77 bits per heavy atom. The van der Waals surface area contributed by atoms with Crippen molar-refractivity contribution in [1.29, 1.82) is 0 Å². The zero-order chi connectivity index (χ0) is 16.9. The topological polar surface area (TPSA) is 79.5 Å². The van der Waals surface area contributed by atoms with Crippen molar-refractivity contribution in [3.8, 4) is 0 Å². The minimum atomic E-state index is -0.473. The summed E-state index contributed by atoms with van der Waals surface area (Å²) >= 11 is 0. The van der Waals surface area contributed by atoms with Gasteiger partial charge in [-0.1, -0.05) is 6.92 Å².